The van der Waals surface area contributed by atoms with E-state index in [9.17, 15) is 5.11 Å². The average molecular weight is 321 g/mol. The van der Waals surface area contributed by atoms with Gasteiger partial charge in [0.1, 0.15) is 11.6 Å². The van der Waals surface area contributed by atoms with E-state index in [2.05, 4.69) is 10.1 Å². The first-order valence-corrected chi connectivity index (χ1v) is 8.78. The number of aliphatic hydroxyl groups excluding tert-OH is 1. The molecular weight excluding hydrogens is 298 g/mol. The van der Waals surface area contributed by atoms with E-state index in [0.717, 1.165) is 28.7 Å². The molecule has 2 rings (SSSR count). The number of methoxy groups -OCH3 is 1. The number of rotatable bonds is 8. The summed E-state index contributed by atoms with van der Waals surface area (Å²) in [6, 6.07) is 7.93. The zero-order valence-corrected chi connectivity index (χ0v) is 14.1. The van der Waals surface area contributed by atoms with Crippen molar-refractivity contribution in [2.45, 2.75) is 38.2 Å². The van der Waals surface area contributed by atoms with Crippen molar-refractivity contribution in [1.29, 1.82) is 0 Å². The number of aliphatic hydroxyl groups is 1. The topological polar surface area (TPSA) is 60.2 Å². The lowest BCUT2D eigenvalue weighted by molar-refractivity contribution is 0.144. The summed E-state index contributed by atoms with van der Waals surface area (Å²) in [4.78, 5) is 4.61. The molecule has 1 N–H and O–H groups in total. The van der Waals surface area contributed by atoms with E-state index < -0.39 is 0 Å². The lowest BCUT2D eigenvalue weighted by Crippen LogP contribution is -2.17. The van der Waals surface area contributed by atoms with Crippen molar-refractivity contribution in [3.05, 3.63) is 41.5 Å². The number of benzene rings is 1. The summed E-state index contributed by atoms with van der Waals surface area (Å²) in [6.45, 7) is 2.47. The van der Waals surface area contributed by atoms with Gasteiger partial charge in [0.25, 0.3) is 0 Å². The van der Waals surface area contributed by atoms with Gasteiger partial charge in [-0.2, -0.15) is 16.9 Å². The van der Waals surface area contributed by atoms with E-state index in [1.54, 1.807) is 18.9 Å². The summed E-state index contributed by atoms with van der Waals surface area (Å²) < 4.78 is 7.00. The van der Waals surface area contributed by atoms with Crippen LogP contribution in [0, 0.1) is 0 Å². The highest BCUT2D eigenvalue weighted by molar-refractivity contribution is 7.97. The quantitative estimate of drug-likeness (QED) is 0.809. The smallest absolute Gasteiger partial charge is 0.155 e. The number of aromatic nitrogens is 3. The van der Waals surface area contributed by atoms with Crippen LogP contribution >= 0.6 is 11.8 Å². The van der Waals surface area contributed by atoms with Crippen LogP contribution in [-0.4, -0.2) is 39.3 Å². The number of hydrogen-bond acceptors (Lipinski definition) is 5. The predicted molar refractivity (Wildman–Crippen MR) is 89.3 cm³/mol. The van der Waals surface area contributed by atoms with Crippen LogP contribution in [0.15, 0.2) is 24.3 Å². The van der Waals surface area contributed by atoms with Gasteiger partial charge < -0.3 is 9.84 Å². The van der Waals surface area contributed by atoms with Crippen molar-refractivity contribution < 1.29 is 9.84 Å². The predicted octanol–water partition coefficient (Wildman–Crippen LogP) is 2.51. The van der Waals surface area contributed by atoms with Gasteiger partial charge in [0.15, 0.2) is 5.82 Å². The van der Waals surface area contributed by atoms with Gasteiger partial charge >= 0.3 is 0 Å². The van der Waals surface area contributed by atoms with Gasteiger partial charge in [-0.1, -0.05) is 19.1 Å². The van der Waals surface area contributed by atoms with Crippen LogP contribution in [0.2, 0.25) is 0 Å². The standard InChI is InChI=1S/C16H23N3O2S/c1-4-13(20)10-19-16(11-22-3)17-15(18-19)9-12-5-7-14(21-2)8-6-12/h5-8,13,20H,4,9-11H2,1-3H3. The van der Waals surface area contributed by atoms with Crippen molar-refractivity contribution in [3.63, 3.8) is 0 Å². The van der Waals surface area contributed by atoms with E-state index in [-0.39, 0.29) is 6.10 Å². The molecule has 0 fully saturated rings. The molecule has 0 saturated carbocycles. The van der Waals surface area contributed by atoms with E-state index in [1.807, 2.05) is 42.1 Å². The summed E-state index contributed by atoms with van der Waals surface area (Å²) in [5.74, 6) is 3.35. The van der Waals surface area contributed by atoms with E-state index >= 15 is 0 Å². The molecule has 1 aromatic carbocycles. The van der Waals surface area contributed by atoms with Gasteiger partial charge in [-0.25, -0.2) is 9.67 Å². The van der Waals surface area contributed by atoms with Crippen molar-refractivity contribution in [3.8, 4) is 5.75 Å². The lowest BCUT2D eigenvalue weighted by Gasteiger charge is -2.09. The molecular formula is C16H23N3O2S. The Morgan fingerprint density at radius 2 is 2.05 bits per heavy atom. The largest absolute Gasteiger partial charge is 0.497 e. The maximum atomic E-state index is 9.85. The van der Waals surface area contributed by atoms with Crippen LogP contribution in [0.3, 0.4) is 0 Å². The number of thioether (sulfide) groups is 1. The normalized spacial score (nSPS) is 12.4. The van der Waals surface area contributed by atoms with Gasteiger partial charge in [-0.3, -0.25) is 0 Å². The zero-order valence-electron chi connectivity index (χ0n) is 13.3. The van der Waals surface area contributed by atoms with Crippen LogP contribution in [0.5, 0.6) is 5.75 Å². The molecule has 6 heteroatoms. The summed E-state index contributed by atoms with van der Waals surface area (Å²) >= 11 is 1.71. The Kier molecular flexibility index (Phi) is 6.27. The van der Waals surface area contributed by atoms with Crippen LogP contribution in [0.1, 0.15) is 30.6 Å². The van der Waals surface area contributed by atoms with E-state index in [1.165, 1.54) is 0 Å². The third kappa shape index (κ3) is 4.48. The highest BCUT2D eigenvalue weighted by Crippen LogP contribution is 2.15. The molecule has 0 spiro atoms. The van der Waals surface area contributed by atoms with Gasteiger partial charge in [-0.05, 0) is 30.4 Å². The minimum absolute atomic E-state index is 0.379. The molecule has 0 aliphatic carbocycles. The Hall–Kier alpha value is -1.53. The first kappa shape index (κ1) is 16.8. The minimum Gasteiger partial charge on any atom is -0.497 e. The minimum atomic E-state index is -0.379. The maximum Gasteiger partial charge on any atom is 0.155 e. The summed E-state index contributed by atoms with van der Waals surface area (Å²) in [7, 11) is 1.66. The lowest BCUT2D eigenvalue weighted by atomic mass is 10.1. The van der Waals surface area contributed by atoms with Crippen LogP contribution < -0.4 is 4.74 Å². The second-order valence-electron chi connectivity index (χ2n) is 5.15. The molecule has 0 aliphatic heterocycles. The number of nitrogens with zero attached hydrogens (tertiary/aromatic N) is 3. The molecule has 1 atom stereocenters. The molecule has 0 aliphatic rings. The SMILES string of the molecule is CCC(O)Cn1nc(Cc2ccc(OC)cc2)nc1CSC. The van der Waals surface area contributed by atoms with Crippen LogP contribution in [0.4, 0.5) is 0 Å². The highest BCUT2D eigenvalue weighted by Gasteiger charge is 2.13. The van der Waals surface area contributed by atoms with Gasteiger partial charge in [0.2, 0.25) is 0 Å². The monoisotopic (exact) mass is 321 g/mol. The fourth-order valence-electron chi connectivity index (χ4n) is 2.14. The van der Waals surface area contributed by atoms with Crippen LogP contribution in [-0.2, 0) is 18.7 Å². The van der Waals surface area contributed by atoms with Crippen molar-refractivity contribution >= 4 is 11.8 Å². The average Bonchev–Trinajstić information content (AvgIpc) is 2.89. The number of hydrogen-bond donors (Lipinski definition) is 1. The Morgan fingerprint density at radius 1 is 1.32 bits per heavy atom. The van der Waals surface area contributed by atoms with Gasteiger partial charge in [0, 0.05) is 6.42 Å². The first-order chi connectivity index (χ1) is 10.7. The second-order valence-corrected chi connectivity index (χ2v) is 6.01. The molecule has 0 saturated heterocycles. The van der Waals surface area contributed by atoms with Gasteiger partial charge in [0.05, 0.1) is 25.5 Å². The summed E-state index contributed by atoms with van der Waals surface area (Å²) in [6.07, 6.45) is 3.06. The first-order valence-electron chi connectivity index (χ1n) is 7.38. The Morgan fingerprint density at radius 3 is 2.64 bits per heavy atom. The summed E-state index contributed by atoms with van der Waals surface area (Å²) in [5.41, 5.74) is 1.14. The molecule has 0 radical (unpaired) electrons. The van der Waals surface area contributed by atoms with Crippen molar-refractivity contribution in [1.82, 2.24) is 14.8 Å². The van der Waals surface area contributed by atoms with Crippen molar-refractivity contribution in [2.75, 3.05) is 13.4 Å². The third-order valence-electron chi connectivity index (χ3n) is 3.44. The Labute approximate surface area is 135 Å². The number of ether oxygens (including phenoxy) is 1. The van der Waals surface area contributed by atoms with Crippen molar-refractivity contribution in [2.24, 2.45) is 0 Å². The molecule has 5 nitrogen and oxygen atoms in total. The summed E-state index contributed by atoms with van der Waals surface area (Å²) in [5, 5.41) is 14.4. The van der Waals surface area contributed by atoms with Crippen LogP contribution in [0.25, 0.3) is 0 Å². The molecule has 2 aromatic rings. The maximum absolute atomic E-state index is 9.85. The van der Waals surface area contributed by atoms with E-state index in [4.69, 9.17) is 4.74 Å². The van der Waals surface area contributed by atoms with E-state index in [0.29, 0.717) is 19.4 Å². The molecule has 1 aromatic heterocycles. The Bertz CT molecular complexity index is 584. The third-order valence-corrected chi connectivity index (χ3v) is 3.99. The fraction of sp³-hybridized carbons (Fsp3) is 0.500. The van der Waals surface area contributed by atoms with Gasteiger partial charge in [-0.15, -0.1) is 0 Å². The molecule has 120 valence electrons. The fourth-order valence-corrected chi connectivity index (χ4v) is 2.61. The second kappa shape index (κ2) is 8.19. The molecule has 22 heavy (non-hydrogen) atoms. The zero-order chi connectivity index (χ0) is 15.9. The molecule has 0 bridgehead atoms. The molecule has 1 unspecified atom stereocenters. The Balaban J connectivity index is 2.14. The molecule has 0 amide bonds. The highest BCUT2D eigenvalue weighted by atomic mass is 32.2. The molecule has 1 heterocycles.